The first kappa shape index (κ1) is 22.8. The average molecular weight is 476 g/mol. The number of rotatable bonds is 6. The van der Waals surface area contributed by atoms with Gasteiger partial charge in [-0.2, -0.15) is 9.03 Å². The second-order valence-electron chi connectivity index (χ2n) is 6.81. The Bertz CT molecular complexity index is 1090. The molecule has 1 aliphatic rings. The highest BCUT2D eigenvalue weighted by atomic mass is 32.2. The van der Waals surface area contributed by atoms with Crippen molar-refractivity contribution in [3.8, 4) is 0 Å². The van der Waals surface area contributed by atoms with E-state index in [4.69, 9.17) is 0 Å². The highest BCUT2D eigenvalue weighted by Gasteiger charge is 2.31. The Balaban J connectivity index is 1.65. The number of halogens is 1. The van der Waals surface area contributed by atoms with Gasteiger partial charge in [0, 0.05) is 26.2 Å². The van der Waals surface area contributed by atoms with Crippen LogP contribution in [-0.4, -0.2) is 64.2 Å². The fraction of sp³-hybridized carbons (Fsp3) is 0.389. The van der Waals surface area contributed by atoms with Crippen LogP contribution in [0.1, 0.15) is 13.3 Å². The van der Waals surface area contributed by atoms with Crippen molar-refractivity contribution in [3.63, 3.8) is 0 Å². The van der Waals surface area contributed by atoms with Gasteiger partial charge in [0.1, 0.15) is 10.0 Å². The van der Waals surface area contributed by atoms with Crippen LogP contribution in [0.2, 0.25) is 0 Å². The molecule has 1 amide bonds. The van der Waals surface area contributed by atoms with Gasteiger partial charge in [0.15, 0.2) is 0 Å². The molecule has 0 radical (unpaired) electrons. The van der Waals surface area contributed by atoms with Crippen LogP contribution in [0.25, 0.3) is 0 Å². The minimum absolute atomic E-state index is 0.0132. The Kier molecular flexibility index (Phi) is 6.92. The molecule has 8 nitrogen and oxygen atoms in total. The highest BCUT2D eigenvalue weighted by Crippen LogP contribution is 2.19. The summed E-state index contributed by atoms with van der Waals surface area (Å²) in [6.45, 7) is 2.17. The Morgan fingerprint density at radius 2 is 1.77 bits per heavy atom. The van der Waals surface area contributed by atoms with Crippen LogP contribution in [0.3, 0.4) is 0 Å². The van der Waals surface area contributed by atoms with Crippen LogP contribution in [0, 0.1) is 5.82 Å². The number of benzene rings is 1. The number of amides is 1. The monoisotopic (exact) mass is 475 g/mol. The van der Waals surface area contributed by atoms with Gasteiger partial charge >= 0.3 is 0 Å². The molecule has 1 aromatic carbocycles. The highest BCUT2D eigenvalue weighted by molar-refractivity contribution is 7.91. The summed E-state index contributed by atoms with van der Waals surface area (Å²) in [5.74, 6) is -0.947. The normalized spacial score (nSPS) is 17.5. The largest absolute Gasteiger partial charge is 0.340 e. The van der Waals surface area contributed by atoms with Gasteiger partial charge in [0.05, 0.1) is 10.9 Å². The summed E-state index contributed by atoms with van der Waals surface area (Å²) in [5.41, 5.74) is 0. The maximum atomic E-state index is 13.1. The zero-order chi connectivity index (χ0) is 21.9. The number of hydrogen-bond donors (Lipinski definition) is 1. The lowest BCUT2D eigenvalue weighted by molar-refractivity contribution is -0.132. The molecular weight excluding hydrogens is 453 g/mol. The lowest BCUT2D eigenvalue weighted by Crippen LogP contribution is -2.48. The van der Waals surface area contributed by atoms with Crippen LogP contribution in [0.4, 0.5) is 4.39 Å². The molecule has 0 spiro atoms. The standard InChI is InChI=1S/C18H22FN3O5S3/c1-14(20-29(24,25)17-4-2-13-28-17)18(23)21-9-3-10-22(12-11-21)30(26,27)16-7-5-15(19)6-8-16/h2,4-8,13-14,20H,3,9-12H2,1H3. The van der Waals surface area contributed by atoms with Crippen molar-refractivity contribution in [1.29, 1.82) is 0 Å². The van der Waals surface area contributed by atoms with E-state index in [1.54, 1.807) is 11.4 Å². The van der Waals surface area contributed by atoms with Gasteiger partial charge < -0.3 is 4.90 Å². The lowest BCUT2D eigenvalue weighted by atomic mass is 10.3. The molecule has 1 N–H and O–H groups in total. The molecule has 164 valence electrons. The van der Waals surface area contributed by atoms with Crippen LogP contribution in [-0.2, 0) is 24.8 Å². The quantitative estimate of drug-likeness (QED) is 0.682. The predicted molar refractivity (Wildman–Crippen MR) is 110 cm³/mol. The smallest absolute Gasteiger partial charge is 0.250 e. The van der Waals surface area contributed by atoms with Crippen molar-refractivity contribution in [1.82, 2.24) is 13.9 Å². The molecule has 12 heteroatoms. The van der Waals surface area contributed by atoms with Crippen molar-refractivity contribution in [3.05, 3.63) is 47.6 Å². The third-order valence-electron chi connectivity index (χ3n) is 4.68. The number of carbonyl (C=O) groups excluding carboxylic acids is 1. The van der Waals surface area contributed by atoms with Gasteiger partial charge in [-0.05, 0) is 49.1 Å². The molecule has 2 heterocycles. The number of hydrogen-bond acceptors (Lipinski definition) is 6. The van der Waals surface area contributed by atoms with Gasteiger partial charge in [-0.25, -0.2) is 21.2 Å². The zero-order valence-electron chi connectivity index (χ0n) is 16.2. The molecule has 1 atom stereocenters. The van der Waals surface area contributed by atoms with Gasteiger partial charge in [0.25, 0.3) is 10.0 Å². The molecule has 1 aromatic heterocycles. The van der Waals surface area contributed by atoms with Crippen LogP contribution in [0.5, 0.6) is 0 Å². The van der Waals surface area contributed by atoms with E-state index in [0.29, 0.717) is 13.0 Å². The van der Waals surface area contributed by atoms with E-state index in [1.165, 1.54) is 34.3 Å². The van der Waals surface area contributed by atoms with Gasteiger partial charge in [0.2, 0.25) is 15.9 Å². The summed E-state index contributed by atoms with van der Waals surface area (Å²) in [7, 11) is -7.61. The first-order chi connectivity index (χ1) is 14.1. The number of nitrogens with one attached hydrogen (secondary N) is 1. The maximum absolute atomic E-state index is 13.1. The second kappa shape index (κ2) is 9.10. The third-order valence-corrected chi connectivity index (χ3v) is 9.53. The molecule has 30 heavy (non-hydrogen) atoms. The Labute approximate surface area is 179 Å². The Morgan fingerprint density at radius 3 is 2.40 bits per heavy atom. The molecule has 1 saturated heterocycles. The molecule has 2 aromatic rings. The summed E-state index contributed by atoms with van der Waals surface area (Å²) in [4.78, 5) is 14.2. The number of thiophene rings is 1. The number of nitrogens with zero attached hydrogens (tertiary/aromatic N) is 2. The van der Waals surface area contributed by atoms with E-state index in [2.05, 4.69) is 4.72 Å². The van der Waals surface area contributed by atoms with Crippen molar-refractivity contribution in [2.45, 2.75) is 28.5 Å². The van der Waals surface area contributed by atoms with E-state index in [9.17, 15) is 26.0 Å². The summed E-state index contributed by atoms with van der Waals surface area (Å²) in [6.07, 6.45) is 0.399. The molecule has 0 aliphatic carbocycles. The van der Waals surface area contributed by atoms with Gasteiger partial charge in [-0.3, -0.25) is 4.79 Å². The molecular formula is C18H22FN3O5S3. The molecule has 3 rings (SSSR count). The van der Waals surface area contributed by atoms with E-state index in [1.807, 2.05) is 0 Å². The Morgan fingerprint density at radius 1 is 1.07 bits per heavy atom. The van der Waals surface area contributed by atoms with Crippen molar-refractivity contribution in [2.24, 2.45) is 0 Å². The Hall–Kier alpha value is -1.86. The fourth-order valence-corrected chi connectivity index (χ4v) is 6.82. The number of sulfonamides is 2. The van der Waals surface area contributed by atoms with E-state index < -0.39 is 37.8 Å². The first-order valence-corrected chi connectivity index (χ1v) is 13.0. The topological polar surface area (TPSA) is 104 Å². The molecule has 0 bridgehead atoms. The molecule has 1 fully saturated rings. The van der Waals surface area contributed by atoms with E-state index in [0.717, 1.165) is 23.5 Å². The summed E-state index contributed by atoms with van der Waals surface area (Å²) in [6, 6.07) is 6.66. The van der Waals surface area contributed by atoms with Crippen molar-refractivity contribution < 1.29 is 26.0 Å². The van der Waals surface area contributed by atoms with Crippen LogP contribution < -0.4 is 4.72 Å². The number of carbonyl (C=O) groups is 1. The van der Waals surface area contributed by atoms with Gasteiger partial charge in [-0.1, -0.05) is 6.07 Å². The summed E-state index contributed by atoms with van der Waals surface area (Å²) < 4.78 is 67.1. The molecule has 1 aliphatic heterocycles. The predicted octanol–water partition coefficient (Wildman–Crippen LogP) is 1.48. The maximum Gasteiger partial charge on any atom is 0.250 e. The van der Waals surface area contributed by atoms with Crippen LogP contribution >= 0.6 is 11.3 Å². The summed E-state index contributed by atoms with van der Waals surface area (Å²) >= 11 is 1.05. The minimum atomic E-state index is -3.81. The van der Waals surface area contributed by atoms with Crippen molar-refractivity contribution >= 4 is 37.3 Å². The molecule has 1 unspecified atom stereocenters. The summed E-state index contributed by atoms with van der Waals surface area (Å²) in [5, 5.41) is 1.63. The minimum Gasteiger partial charge on any atom is -0.340 e. The average Bonchev–Trinajstić information content (AvgIpc) is 3.13. The second-order valence-corrected chi connectivity index (χ2v) is 11.6. The van der Waals surface area contributed by atoms with Gasteiger partial charge in [-0.15, -0.1) is 11.3 Å². The van der Waals surface area contributed by atoms with E-state index in [-0.39, 0.29) is 28.7 Å². The van der Waals surface area contributed by atoms with E-state index >= 15 is 0 Å². The fourth-order valence-electron chi connectivity index (χ4n) is 3.14. The third kappa shape index (κ3) is 5.06. The lowest BCUT2D eigenvalue weighted by Gasteiger charge is -2.25. The van der Waals surface area contributed by atoms with Crippen LogP contribution in [0.15, 0.2) is 50.9 Å². The SMILES string of the molecule is CC(NS(=O)(=O)c1cccs1)C(=O)N1CCCN(S(=O)(=O)c2ccc(F)cc2)CC1. The van der Waals surface area contributed by atoms with Crippen molar-refractivity contribution in [2.75, 3.05) is 26.2 Å². The molecule has 0 saturated carbocycles. The zero-order valence-corrected chi connectivity index (χ0v) is 18.6. The first-order valence-electron chi connectivity index (χ1n) is 9.21.